The second kappa shape index (κ2) is 10.0. The van der Waals surface area contributed by atoms with Crippen LogP contribution in [0.25, 0.3) is 0 Å². The maximum absolute atomic E-state index is 13.1. The van der Waals surface area contributed by atoms with Crippen LogP contribution in [-0.2, 0) is 0 Å². The molecule has 2 rings (SSSR count). The minimum atomic E-state index is -4.03. The van der Waals surface area contributed by atoms with Gasteiger partial charge in [0.2, 0.25) is 0 Å². The summed E-state index contributed by atoms with van der Waals surface area (Å²) in [6.45, 7) is 6.69. The van der Waals surface area contributed by atoms with Crippen molar-refractivity contribution >= 4 is 23.8 Å². The SMILES string of the molecule is CCN(C)C=Nc1cc(C)c(Oc2cccc(SCC(F)(F)C(F)F)c2)cc1C. The Labute approximate surface area is 172 Å². The number of nitrogens with zero attached hydrogens (tertiary/aromatic N) is 2. The molecule has 0 aliphatic heterocycles. The van der Waals surface area contributed by atoms with Crippen molar-refractivity contribution in [3.63, 3.8) is 0 Å². The predicted molar refractivity (Wildman–Crippen MR) is 111 cm³/mol. The molecular weight excluding hydrogens is 404 g/mol. The maximum atomic E-state index is 13.1. The van der Waals surface area contributed by atoms with Crippen molar-refractivity contribution in [2.45, 2.75) is 38.0 Å². The predicted octanol–water partition coefficient (Wildman–Crippen LogP) is 6.70. The molecule has 3 nitrogen and oxygen atoms in total. The lowest BCUT2D eigenvalue weighted by atomic mass is 10.1. The zero-order valence-corrected chi connectivity index (χ0v) is 17.6. The molecule has 0 atom stereocenters. The van der Waals surface area contributed by atoms with E-state index in [9.17, 15) is 17.6 Å². The van der Waals surface area contributed by atoms with Gasteiger partial charge in [0.1, 0.15) is 11.5 Å². The van der Waals surface area contributed by atoms with E-state index in [0.717, 1.165) is 23.4 Å². The molecule has 158 valence electrons. The molecule has 8 heteroatoms. The lowest BCUT2D eigenvalue weighted by Crippen LogP contribution is -2.29. The van der Waals surface area contributed by atoms with Crippen LogP contribution in [0.4, 0.5) is 23.2 Å². The van der Waals surface area contributed by atoms with Crippen molar-refractivity contribution in [3.05, 3.63) is 47.5 Å². The van der Waals surface area contributed by atoms with Crippen LogP contribution in [0.5, 0.6) is 11.5 Å². The minimum absolute atomic E-state index is 0.432. The van der Waals surface area contributed by atoms with E-state index in [2.05, 4.69) is 4.99 Å². The molecule has 2 aromatic carbocycles. The van der Waals surface area contributed by atoms with Gasteiger partial charge in [-0.15, -0.1) is 11.8 Å². The molecule has 0 N–H and O–H groups in total. The lowest BCUT2D eigenvalue weighted by molar-refractivity contribution is -0.109. The van der Waals surface area contributed by atoms with Gasteiger partial charge in [-0.3, -0.25) is 0 Å². The smallest absolute Gasteiger partial charge is 0.316 e. The number of halogens is 4. The first-order valence-corrected chi connectivity index (χ1v) is 10.0. The van der Waals surface area contributed by atoms with Crippen LogP contribution in [-0.4, -0.2) is 42.9 Å². The van der Waals surface area contributed by atoms with E-state index >= 15 is 0 Å². The number of alkyl halides is 4. The summed E-state index contributed by atoms with van der Waals surface area (Å²) in [5, 5.41) is 0. The summed E-state index contributed by atoms with van der Waals surface area (Å²) < 4.78 is 56.8. The van der Waals surface area contributed by atoms with Gasteiger partial charge in [-0.1, -0.05) is 6.07 Å². The first kappa shape index (κ1) is 23.1. The van der Waals surface area contributed by atoms with E-state index in [0.29, 0.717) is 28.2 Å². The molecule has 0 saturated heterocycles. The molecule has 0 heterocycles. The van der Waals surface area contributed by atoms with Crippen LogP contribution in [0.3, 0.4) is 0 Å². The van der Waals surface area contributed by atoms with Gasteiger partial charge in [0.25, 0.3) is 0 Å². The summed E-state index contributed by atoms with van der Waals surface area (Å²) in [6, 6.07) is 10.2. The van der Waals surface area contributed by atoms with E-state index in [1.807, 2.05) is 44.9 Å². The normalized spacial score (nSPS) is 12.0. The third-order valence-corrected chi connectivity index (χ3v) is 5.29. The van der Waals surface area contributed by atoms with Crippen LogP contribution in [0.2, 0.25) is 0 Å². The van der Waals surface area contributed by atoms with E-state index in [1.54, 1.807) is 30.6 Å². The molecule has 0 saturated carbocycles. The van der Waals surface area contributed by atoms with Crippen molar-refractivity contribution in [2.75, 3.05) is 19.3 Å². The second-order valence-electron chi connectivity index (χ2n) is 6.65. The Morgan fingerprint density at radius 2 is 1.90 bits per heavy atom. The first-order valence-electron chi connectivity index (χ1n) is 9.04. The van der Waals surface area contributed by atoms with Crippen LogP contribution < -0.4 is 4.74 Å². The largest absolute Gasteiger partial charge is 0.457 e. The highest BCUT2D eigenvalue weighted by Gasteiger charge is 2.40. The summed E-state index contributed by atoms with van der Waals surface area (Å²) in [5.41, 5.74) is 2.62. The average molecular weight is 428 g/mol. The van der Waals surface area contributed by atoms with Gasteiger partial charge in [0.05, 0.1) is 17.8 Å². The topological polar surface area (TPSA) is 24.8 Å². The van der Waals surface area contributed by atoms with Crippen molar-refractivity contribution < 1.29 is 22.3 Å². The van der Waals surface area contributed by atoms with Gasteiger partial charge in [-0.25, -0.2) is 13.8 Å². The number of benzene rings is 2. The van der Waals surface area contributed by atoms with Crippen LogP contribution in [0, 0.1) is 13.8 Å². The standard InChI is InChI=1S/C21H24F4N2OS/c1-5-27(4)13-26-18-9-15(3)19(10-14(18)2)28-16-7-6-8-17(11-16)29-12-21(24,25)20(22)23/h6-11,13,20H,5,12H2,1-4H3. The fraction of sp³-hybridized carbons (Fsp3) is 0.381. The molecule has 0 spiro atoms. The number of hydrogen-bond acceptors (Lipinski definition) is 3. The highest BCUT2D eigenvalue weighted by atomic mass is 32.2. The van der Waals surface area contributed by atoms with Crippen LogP contribution in [0.1, 0.15) is 18.1 Å². The Kier molecular flexibility index (Phi) is 7.96. The van der Waals surface area contributed by atoms with Gasteiger partial charge < -0.3 is 9.64 Å². The number of aryl methyl sites for hydroxylation is 2. The van der Waals surface area contributed by atoms with Gasteiger partial charge in [-0.05, 0) is 62.2 Å². The Balaban J connectivity index is 2.14. The quantitative estimate of drug-likeness (QED) is 0.192. The molecule has 0 bridgehead atoms. The van der Waals surface area contributed by atoms with Gasteiger partial charge in [-0.2, -0.15) is 8.78 Å². The van der Waals surface area contributed by atoms with Gasteiger partial charge >= 0.3 is 12.3 Å². The maximum Gasteiger partial charge on any atom is 0.316 e. The summed E-state index contributed by atoms with van der Waals surface area (Å²) in [6.07, 6.45) is -1.92. The highest BCUT2D eigenvalue weighted by molar-refractivity contribution is 7.99. The fourth-order valence-corrected chi connectivity index (χ4v) is 3.12. The average Bonchev–Trinajstić information content (AvgIpc) is 2.68. The van der Waals surface area contributed by atoms with E-state index in [-0.39, 0.29) is 0 Å². The molecule has 2 aromatic rings. The Morgan fingerprint density at radius 3 is 2.55 bits per heavy atom. The third kappa shape index (κ3) is 6.66. The number of thioether (sulfide) groups is 1. The van der Waals surface area contributed by atoms with Crippen molar-refractivity contribution in [1.82, 2.24) is 4.90 Å². The molecule has 0 aliphatic carbocycles. The molecule has 0 aromatic heterocycles. The number of ether oxygens (including phenoxy) is 1. The minimum Gasteiger partial charge on any atom is -0.457 e. The molecule has 0 aliphatic rings. The summed E-state index contributed by atoms with van der Waals surface area (Å²) in [4.78, 5) is 6.86. The van der Waals surface area contributed by atoms with Crippen LogP contribution in [0.15, 0.2) is 46.3 Å². The summed E-state index contributed by atoms with van der Waals surface area (Å²) in [7, 11) is 1.94. The lowest BCUT2D eigenvalue weighted by Gasteiger charge is -2.15. The molecular formula is C21H24F4N2OS. The molecule has 0 fully saturated rings. The monoisotopic (exact) mass is 428 g/mol. The zero-order chi connectivity index (χ0) is 21.6. The van der Waals surface area contributed by atoms with Crippen molar-refractivity contribution in [1.29, 1.82) is 0 Å². The number of rotatable bonds is 9. The fourth-order valence-electron chi connectivity index (χ4n) is 2.26. The number of hydrogen-bond donors (Lipinski definition) is 0. The summed E-state index contributed by atoms with van der Waals surface area (Å²) >= 11 is 0.668. The van der Waals surface area contributed by atoms with Crippen molar-refractivity contribution in [3.8, 4) is 11.5 Å². The Hall–Kier alpha value is -2.22. The molecule has 0 amide bonds. The first-order chi connectivity index (χ1) is 13.6. The molecule has 0 unspecified atom stereocenters. The van der Waals surface area contributed by atoms with Crippen LogP contribution >= 0.6 is 11.8 Å². The third-order valence-electron chi connectivity index (χ3n) is 4.17. The Morgan fingerprint density at radius 1 is 1.17 bits per heavy atom. The number of aliphatic imine (C=N–C) groups is 1. The Bertz CT molecular complexity index is 859. The second-order valence-corrected chi connectivity index (χ2v) is 7.70. The van der Waals surface area contributed by atoms with Gasteiger partial charge in [0.15, 0.2) is 0 Å². The van der Waals surface area contributed by atoms with E-state index < -0.39 is 18.1 Å². The summed E-state index contributed by atoms with van der Waals surface area (Å²) in [5.74, 6) is -3.96. The van der Waals surface area contributed by atoms with Gasteiger partial charge in [0, 0.05) is 18.5 Å². The van der Waals surface area contributed by atoms with Crippen molar-refractivity contribution in [2.24, 2.45) is 4.99 Å². The molecule has 29 heavy (non-hydrogen) atoms. The zero-order valence-electron chi connectivity index (χ0n) is 16.8. The van der Waals surface area contributed by atoms with E-state index in [4.69, 9.17) is 4.74 Å². The van der Waals surface area contributed by atoms with E-state index in [1.165, 1.54) is 0 Å². The highest BCUT2D eigenvalue weighted by Crippen LogP contribution is 2.35. The molecule has 0 radical (unpaired) electrons.